The van der Waals surface area contributed by atoms with E-state index < -0.39 is 5.54 Å². The fraction of sp³-hybridized carbons (Fsp3) is 0.565. The van der Waals surface area contributed by atoms with E-state index in [-0.39, 0.29) is 36.5 Å². The van der Waals surface area contributed by atoms with Crippen molar-refractivity contribution in [1.29, 1.82) is 0 Å². The van der Waals surface area contributed by atoms with Crippen LogP contribution in [0.3, 0.4) is 0 Å². The molecule has 29 heavy (non-hydrogen) atoms. The second-order valence-corrected chi connectivity index (χ2v) is 8.67. The van der Waals surface area contributed by atoms with Crippen LogP contribution in [-0.4, -0.2) is 64.2 Å². The number of carbonyl (C=O) groups excluding carboxylic acids is 2. The van der Waals surface area contributed by atoms with Crippen molar-refractivity contribution in [2.24, 2.45) is 0 Å². The quantitative estimate of drug-likeness (QED) is 0.821. The Morgan fingerprint density at radius 3 is 2.41 bits per heavy atom. The number of benzene rings is 1. The lowest BCUT2D eigenvalue weighted by molar-refractivity contribution is -0.191. The third-order valence-corrected chi connectivity index (χ3v) is 6.86. The summed E-state index contributed by atoms with van der Waals surface area (Å²) in [6.45, 7) is 4.50. The van der Waals surface area contributed by atoms with Crippen molar-refractivity contribution in [3.8, 4) is 0 Å². The number of hydrogen-bond acceptors (Lipinski definition) is 3. The number of nitrogens with zero attached hydrogens (tertiary/aromatic N) is 2. The number of nitrogens with one attached hydrogen (secondary N) is 1. The largest absolute Gasteiger partial charge is 0.394 e. The molecule has 156 valence electrons. The van der Waals surface area contributed by atoms with Crippen molar-refractivity contribution in [1.82, 2.24) is 15.1 Å². The van der Waals surface area contributed by atoms with Gasteiger partial charge in [0.05, 0.1) is 18.2 Å². The number of rotatable bonds is 4. The van der Waals surface area contributed by atoms with Crippen molar-refractivity contribution in [2.75, 3.05) is 19.7 Å². The maximum atomic E-state index is 12.7. The van der Waals surface area contributed by atoms with Gasteiger partial charge in [0.15, 0.2) is 0 Å². The lowest BCUT2D eigenvalue weighted by Gasteiger charge is -2.70. The highest BCUT2D eigenvalue weighted by Crippen LogP contribution is 2.53. The van der Waals surface area contributed by atoms with Crippen LogP contribution in [0.1, 0.15) is 56.6 Å². The molecule has 3 aliphatic rings. The van der Waals surface area contributed by atoms with E-state index in [2.05, 4.69) is 29.6 Å². The van der Waals surface area contributed by atoms with E-state index in [1.807, 2.05) is 24.0 Å². The molecule has 4 rings (SSSR count). The SMILES string of the molecule is C/C=C/c1ccc([C@H]2[C@@H](CO)N(C(C)=O)C23CN(C(=O)NC2CCCC2)C3)cc1. The minimum atomic E-state index is -0.408. The van der Waals surface area contributed by atoms with Crippen molar-refractivity contribution in [3.63, 3.8) is 0 Å². The van der Waals surface area contributed by atoms with Gasteiger partial charge in [0, 0.05) is 32.0 Å². The third-order valence-electron chi connectivity index (χ3n) is 6.86. The molecule has 2 saturated heterocycles. The van der Waals surface area contributed by atoms with Gasteiger partial charge in [-0.15, -0.1) is 0 Å². The summed E-state index contributed by atoms with van der Waals surface area (Å²) in [5, 5.41) is 13.1. The number of urea groups is 1. The molecule has 0 aromatic heterocycles. The van der Waals surface area contributed by atoms with E-state index in [4.69, 9.17) is 0 Å². The molecule has 3 fully saturated rings. The number of aliphatic hydroxyl groups is 1. The molecule has 2 heterocycles. The van der Waals surface area contributed by atoms with Gasteiger partial charge in [0.2, 0.25) is 5.91 Å². The Kier molecular flexibility index (Phi) is 5.38. The topological polar surface area (TPSA) is 72.9 Å². The Bertz CT molecular complexity index is 792. The molecule has 3 amide bonds. The summed E-state index contributed by atoms with van der Waals surface area (Å²) in [6.07, 6.45) is 8.51. The molecule has 0 bridgehead atoms. The molecular weight excluding hydrogens is 366 g/mol. The van der Waals surface area contributed by atoms with E-state index >= 15 is 0 Å². The Morgan fingerprint density at radius 2 is 1.86 bits per heavy atom. The van der Waals surface area contributed by atoms with Crippen molar-refractivity contribution in [3.05, 3.63) is 41.5 Å². The van der Waals surface area contributed by atoms with Gasteiger partial charge in [-0.3, -0.25) is 4.79 Å². The zero-order valence-corrected chi connectivity index (χ0v) is 17.3. The number of aliphatic hydroxyl groups excluding tert-OH is 1. The van der Waals surface area contributed by atoms with Crippen LogP contribution in [0.2, 0.25) is 0 Å². The second-order valence-electron chi connectivity index (χ2n) is 8.67. The van der Waals surface area contributed by atoms with Crippen LogP contribution in [0.4, 0.5) is 4.79 Å². The first kappa shape index (κ1) is 20.0. The van der Waals surface area contributed by atoms with Crippen LogP contribution in [0.15, 0.2) is 30.3 Å². The number of hydrogen-bond donors (Lipinski definition) is 2. The van der Waals surface area contributed by atoms with Gasteiger partial charge in [-0.25, -0.2) is 4.79 Å². The summed E-state index contributed by atoms with van der Waals surface area (Å²) >= 11 is 0. The molecule has 2 aliphatic heterocycles. The van der Waals surface area contributed by atoms with Gasteiger partial charge in [-0.1, -0.05) is 49.3 Å². The molecule has 1 saturated carbocycles. The molecule has 1 aromatic carbocycles. The van der Waals surface area contributed by atoms with Crippen LogP contribution >= 0.6 is 0 Å². The van der Waals surface area contributed by atoms with Gasteiger partial charge in [0.25, 0.3) is 0 Å². The number of carbonyl (C=O) groups is 2. The average Bonchev–Trinajstić information content (AvgIpc) is 3.14. The van der Waals surface area contributed by atoms with Crippen LogP contribution in [0, 0.1) is 0 Å². The number of amides is 3. The third kappa shape index (κ3) is 3.33. The van der Waals surface area contributed by atoms with Gasteiger partial charge in [-0.05, 0) is 30.9 Å². The van der Waals surface area contributed by atoms with Crippen molar-refractivity contribution < 1.29 is 14.7 Å². The first-order chi connectivity index (χ1) is 14.0. The van der Waals surface area contributed by atoms with Crippen LogP contribution in [0.25, 0.3) is 6.08 Å². The Labute approximate surface area is 172 Å². The molecule has 1 aliphatic carbocycles. The zero-order valence-electron chi connectivity index (χ0n) is 17.3. The lowest BCUT2D eigenvalue weighted by atomic mass is 9.60. The molecule has 6 nitrogen and oxygen atoms in total. The van der Waals surface area contributed by atoms with Crippen LogP contribution in [0.5, 0.6) is 0 Å². The molecule has 1 spiro atoms. The first-order valence-corrected chi connectivity index (χ1v) is 10.7. The first-order valence-electron chi connectivity index (χ1n) is 10.7. The van der Waals surface area contributed by atoms with E-state index in [0.717, 1.165) is 24.0 Å². The average molecular weight is 398 g/mol. The minimum absolute atomic E-state index is 0.0272. The molecule has 0 radical (unpaired) electrons. The summed E-state index contributed by atoms with van der Waals surface area (Å²) in [5.74, 6) is -0.00623. The van der Waals surface area contributed by atoms with Crippen LogP contribution < -0.4 is 5.32 Å². The fourth-order valence-electron chi connectivity index (χ4n) is 5.62. The maximum Gasteiger partial charge on any atom is 0.317 e. The van der Waals surface area contributed by atoms with Crippen molar-refractivity contribution >= 4 is 18.0 Å². The Morgan fingerprint density at radius 1 is 1.21 bits per heavy atom. The summed E-state index contributed by atoms with van der Waals surface area (Å²) in [4.78, 5) is 28.6. The highest BCUT2D eigenvalue weighted by molar-refractivity contribution is 5.80. The summed E-state index contributed by atoms with van der Waals surface area (Å²) < 4.78 is 0. The van der Waals surface area contributed by atoms with E-state index in [9.17, 15) is 14.7 Å². The van der Waals surface area contributed by atoms with Crippen LogP contribution in [-0.2, 0) is 4.79 Å². The Hall–Kier alpha value is -2.34. The van der Waals surface area contributed by atoms with Gasteiger partial charge >= 0.3 is 6.03 Å². The predicted molar refractivity (Wildman–Crippen MR) is 112 cm³/mol. The number of likely N-dealkylation sites (tertiary alicyclic amines) is 2. The molecular formula is C23H31N3O3. The van der Waals surface area contributed by atoms with Gasteiger partial charge in [-0.2, -0.15) is 0 Å². The second kappa shape index (κ2) is 7.82. The van der Waals surface area contributed by atoms with E-state index in [1.54, 1.807) is 11.8 Å². The standard InChI is InChI=1S/C23H31N3O3/c1-3-6-17-9-11-18(12-10-17)21-20(13-27)26(16(2)28)23(21)14-25(15-23)22(29)24-19-7-4-5-8-19/h3,6,9-12,19-21,27H,4-5,7-8,13-15H2,1-2H3,(H,24,29)/b6-3+/t20-,21+/m1/s1. The highest BCUT2D eigenvalue weighted by Gasteiger charge is 2.67. The predicted octanol–water partition coefficient (Wildman–Crippen LogP) is 2.73. The van der Waals surface area contributed by atoms with Gasteiger partial charge < -0.3 is 20.2 Å². The minimum Gasteiger partial charge on any atom is -0.394 e. The monoisotopic (exact) mass is 397 g/mol. The van der Waals surface area contributed by atoms with Gasteiger partial charge in [0.1, 0.15) is 0 Å². The number of allylic oxidation sites excluding steroid dienone is 1. The van der Waals surface area contributed by atoms with E-state index in [1.165, 1.54) is 12.8 Å². The molecule has 1 aromatic rings. The Balaban J connectivity index is 1.52. The summed E-state index contributed by atoms with van der Waals surface area (Å²) in [6, 6.07) is 8.32. The lowest BCUT2D eigenvalue weighted by Crippen LogP contribution is -2.86. The van der Waals surface area contributed by atoms with E-state index in [0.29, 0.717) is 13.1 Å². The summed E-state index contributed by atoms with van der Waals surface area (Å²) in [7, 11) is 0. The molecule has 2 atom stereocenters. The zero-order chi connectivity index (χ0) is 20.6. The van der Waals surface area contributed by atoms with Crippen molar-refractivity contribution in [2.45, 2.75) is 63.1 Å². The molecule has 2 N–H and O–H groups in total. The highest BCUT2D eigenvalue weighted by atomic mass is 16.3. The molecule has 0 unspecified atom stereocenters. The summed E-state index contributed by atoms with van der Waals surface area (Å²) in [5.41, 5.74) is 1.83. The normalized spacial score (nSPS) is 25.9. The fourth-order valence-corrected chi connectivity index (χ4v) is 5.62. The molecule has 6 heteroatoms. The smallest absolute Gasteiger partial charge is 0.317 e. The maximum absolute atomic E-state index is 12.7.